The molecule has 0 aliphatic carbocycles. The summed E-state index contributed by atoms with van der Waals surface area (Å²) in [5.41, 5.74) is 0.931. The molecule has 0 aliphatic heterocycles. The van der Waals surface area contributed by atoms with Crippen LogP contribution in [0.3, 0.4) is 0 Å². The number of carboxylic acid groups (broad SMARTS) is 1. The number of carbonyl (C=O) groups is 1. The second-order valence-corrected chi connectivity index (χ2v) is 6.96. The van der Waals surface area contributed by atoms with E-state index in [9.17, 15) is 15.1 Å². The Morgan fingerprint density at radius 3 is 1.93 bits per heavy atom. The molecule has 3 aromatic rings. The number of para-hydroxylation sites is 1. The first-order valence-corrected chi connectivity index (χ1v) is 9.58. The minimum Gasteiger partial charge on any atom is -0.485 e. The quantitative estimate of drug-likeness (QED) is 0.274. The van der Waals surface area contributed by atoms with Crippen LogP contribution < -0.4 is 9.47 Å². The molecule has 3 aromatic carbocycles. The Kier molecular flexibility index (Phi) is 7.17. The lowest BCUT2D eigenvalue weighted by atomic mass is 10.1. The Balaban J connectivity index is 1.95. The van der Waals surface area contributed by atoms with E-state index in [1.54, 1.807) is 42.5 Å². The van der Waals surface area contributed by atoms with E-state index in [2.05, 4.69) is 5.16 Å². The van der Waals surface area contributed by atoms with E-state index in [4.69, 9.17) is 32.7 Å². The van der Waals surface area contributed by atoms with Gasteiger partial charge in [0.2, 0.25) is 0 Å². The maximum Gasteiger partial charge on any atom is 0.358 e. The summed E-state index contributed by atoms with van der Waals surface area (Å²) in [5, 5.41) is 22.5. The minimum absolute atomic E-state index is 0.0530. The van der Waals surface area contributed by atoms with Crippen LogP contribution in [0.1, 0.15) is 16.7 Å². The van der Waals surface area contributed by atoms with Crippen molar-refractivity contribution in [2.24, 2.45) is 5.16 Å². The van der Waals surface area contributed by atoms with E-state index < -0.39 is 11.7 Å². The van der Waals surface area contributed by atoms with Crippen LogP contribution in [0, 0.1) is 0 Å². The third-order valence-corrected chi connectivity index (χ3v) is 4.94. The number of aliphatic carboxylic acids is 1. The van der Waals surface area contributed by atoms with Gasteiger partial charge in [0, 0.05) is 21.2 Å². The highest BCUT2D eigenvalue weighted by molar-refractivity contribution is 6.43. The molecular weight excluding hydrogens is 429 g/mol. The number of benzene rings is 3. The van der Waals surface area contributed by atoms with E-state index in [0.29, 0.717) is 15.6 Å². The first kappa shape index (κ1) is 21.5. The Bertz CT molecular complexity index is 1080. The van der Waals surface area contributed by atoms with Crippen LogP contribution in [-0.2, 0) is 18.0 Å². The Labute approximate surface area is 182 Å². The number of hydrogen-bond donors (Lipinski definition) is 2. The van der Waals surface area contributed by atoms with Gasteiger partial charge in [0.05, 0.1) is 5.56 Å². The smallest absolute Gasteiger partial charge is 0.358 e. The Morgan fingerprint density at radius 2 is 1.40 bits per heavy atom. The van der Waals surface area contributed by atoms with Crippen LogP contribution in [0.2, 0.25) is 10.0 Å². The van der Waals surface area contributed by atoms with E-state index in [1.165, 1.54) is 6.07 Å². The van der Waals surface area contributed by atoms with Crippen LogP contribution in [0.4, 0.5) is 0 Å². The van der Waals surface area contributed by atoms with Crippen LogP contribution in [-0.4, -0.2) is 22.0 Å². The number of halogens is 2. The highest BCUT2D eigenvalue weighted by Gasteiger charge is 2.22. The maximum absolute atomic E-state index is 11.5. The maximum atomic E-state index is 11.5. The largest absolute Gasteiger partial charge is 0.485 e. The lowest BCUT2D eigenvalue weighted by molar-refractivity contribution is -0.129. The molecule has 3 rings (SSSR count). The highest BCUT2D eigenvalue weighted by atomic mass is 35.5. The Hall–Kier alpha value is -3.22. The molecule has 0 amide bonds. The topological polar surface area (TPSA) is 88.4 Å². The molecule has 8 heteroatoms. The lowest BCUT2D eigenvalue weighted by Gasteiger charge is -2.17. The number of oxime groups is 1. The molecule has 6 nitrogen and oxygen atoms in total. The molecular formula is C22H17Cl2NO5. The predicted molar refractivity (Wildman–Crippen MR) is 114 cm³/mol. The summed E-state index contributed by atoms with van der Waals surface area (Å²) in [4.78, 5) is 11.5. The standard InChI is InChI=1S/C22H17Cl2NO5/c23-17-9-3-1-6-14(17)12-29-19-11-5-8-16(20(25-28)22(26)27)21(19)30-13-15-7-2-4-10-18(15)24/h1-11,28H,12-13H2,(H,26,27)/b25-20+. The molecule has 0 aliphatic rings. The summed E-state index contributed by atoms with van der Waals surface area (Å²) in [7, 11) is 0. The number of rotatable bonds is 8. The van der Waals surface area contributed by atoms with Crippen molar-refractivity contribution in [3.8, 4) is 11.5 Å². The molecule has 0 heterocycles. The van der Waals surface area contributed by atoms with Crippen molar-refractivity contribution in [3.05, 3.63) is 93.5 Å². The third kappa shape index (κ3) is 5.03. The number of ether oxygens (including phenoxy) is 2. The first-order valence-electron chi connectivity index (χ1n) is 8.82. The normalized spacial score (nSPS) is 11.2. The average Bonchev–Trinajstić information content (AvgIpc) is 2.73. The zero-order valence-electron chi connectivity index (χ0n) is 15.6. The third-order valence-electron chi connectivity index (χ3n) is 4.21. The molecule has 0 bridgehead atoms. The molecule has 0 unspecified atom stereocenters. The van der Waals surface area contributed by atoms with Gasteiger partial charge in [-0.1, -0.05) is 70.8 Å². The van der Waals surface area contributed by atoms with E-state index >= 15 is 0 Å². The molecule has 154 valence electrons. The minimum atomic E-state index is -1.41. The van der Waals surface area contributed by atoms with E-state index in [-0.39, 0.29) is 30.3 Å². The number of hydrogen-bond acceptors (Lipinski definition) is 5. The molecule has 0 saturated heterocycles. The van der Waals surface area contributed by atoms with Crippen molar-refractivity contribution in [2.75, 3.05) is 0 Å². The summed E-state index contributed by atoms with van der Waals surface area (Å²) in [6.45, 7) is 0.182. The van der Waals surface area contributed by atoms with Gasteiger partial charge in [-0.2, -0.15) is 0 Å². The molecule has 30 heavy (non-hydrogen) atoms. The van der Waals surface area contributed by atoms with Gasteiger partial charge in [-0.05, 0) is 24.3 Å². The fraction of sp³-hybridized carbons (Fsp3) is 0.0909. The summed E-state index contributed by atoms with van der Waals surface area (Å²) >= 11 is 12.4. The van der Waals surface area contributed by atoms with Crippen LogP contribution in [0.25, 0.3) is 0 Å². The number of carboxylic acids is 1. The van der Waals surface area contributed by atoms with Gasteiger partial charge in [0.15, 0.2) is 17.2 Å². The van der Waals surface area contributed by atoms with Gasteiger partial charge in [0.1, 0.15) is 13.2 Å². The zero-order valence-corrected chi connectivity index (χ0v) is 17.1. The van der Waals surface area contributed by atoms with Gasteiger partial charge >= 0.3 is 5.97 Å². The first-order chi connectivity index (χ1) is 14.5. The molecule has 0 radical (unpaired) electrons. The lowest BCUT2D eigenvalue weighted by Crippen LogP contribution is -2.16. The van der Waals surface area contributed by atoms with E-state index in [1.807, 2.05) is 18.2 Å². The molecule has 0 atom stereocenters. The molecule has 0 fully saturated rings. The van der Waals surface area contributed by atoms with Gasteiger partial charge in [-0.15, -0.1) is 0 Å². The number of nitrogens with zero attached hydrogens (tertiary/aromatic N) is 1. The van der Waals surface area contributed by atoms with E-state index in [0.717, 1.165) is 5.56 Å². The summed E-state index contributed by atoms with van der Waals surface area (Å²) in [6.07, 6.45) is 0. The van der Waals surface area contributed by atoms with Gasteiger partial charge < -0.3 is 19.8 Å². The molecule has 0 spiro atoms. The molecule has 0 aromatic heterocycles. The van der Waals surface area contributed by atoms with Crippen molar-refractivity contribution in [1.82, 2.24) is 0 Å². The second kappa shape index (κ2) is 10.0. The monoisotopic (exact) mass is 445 g/mol. The Morgan fingerprint density at radius 1 is 0.833 bits per heavy atom. The fourth-order valence-corrected chi connectivity index (χ4v) is 3.09. The average molecular weight is 446 g/mol. The summed E-state index contributed by atoms with van der Waals surface area (Å²) < 4.78 is 11.8. The summed E-state index contributed by atoms with van der Waals surface area (Å²) in [5.74, 6) is -1.04. The van der Waals surface area contributed by atoms with Crippen molar-refractivity contribution in [1.29, 1.82) is 0 Å². The highest BCUT2D eigenvalue weighted by Crippen LogP contribution is 2.34. The predicted octanol–water partition coefficient (Wildman–Crippen LogP) is 5.41. The van der Waals surface area contributed by atoms with Crippen LogP contribution >= 0.6 is 23.2 Å². The fourth-order valence-electron chi connectivity index (χ4n) is 2.71. The van der Waals surface area contributed by atoms with Gasteiger partial charge in [-0.25, -0.2) is 4.79 Å². The van der Waals surface area contributed by atoms with Gasteiger partial charge in [0.25, 0.3) is 0 Å². The van der Waals surface area contributed by atoms with Crippen molar-refractivity contribution >= 4 is 34.9 Å². The SMILES string of the molecule is O=C(O)/C(=N/O)c1cccc(OCc2ccccc2Cl)c1OCc1ccccc1Cl. The van der Waals surface area contributed by atoms with Crippen LogP contribution in [0.5, 0.6) is 11.5 Å². The molecule has 2 N–H and O–H groups in total. The van der Waals surface area contributed by atoms with Crippen LogP contribution in [0.15, 0.2) is 71.9 Å². The molecule has 0 saturated carbocycles. The van der Waals surface area contributed by atoms with Crippen molar-refractivity contribution < 1.29 is 24.6 Å². The van der Waals surface area contributed by atoms with Gasteiger partial charge in [-0.3, -0.25) is 0 Å². The second-order valence-electron chi connectivity index (χ2n) is 6.15. The van der Waals surface area contributed by atoms with Crippen molar-refractivity contribution in [2.45, 2.75) is 13.2 Å². The zero-order chi connectivity index (χ0) is 21.5. The van der Waals surface area contributed by atoms with Crippen molar-refractivity contribution in [3.63, 3.8) is 0 Å². The summed E-state index contributed by atoms with van der Waals surface area (Å²) in [6, 6.07) is 19.0.